The van der Waals surface area contributed by atoms with Gasteiger partial charge in [0, 0.05) is 12.2 Å². The fraction of sp³-hybridized carbons (Fsp3) is 0.250. The zero-order chi connectivity index (χ0) is 15.1. The first-order valence-electron chi connectivity index (χ1n) is 6.45. The van der Waals surface area contributed by atoms with Gasteiger partial charge in [-0.25, -0.2) is 9.59 Å². The van der Waals surface area contributed by atoms with Crippen LogP contribution in [0.5, 0.6) is 0 Å². The average Bonchev–Trinajstić information content (AvgIpc) is 2.42. The summed E-state index contributed by atoms with van der Waals surface area (Å²) < 4.78 is 0. The number of carboxylic acids is 2. The molecule has 0 aliphatic heterocycles. The van der Waals surface area contributed by atoms with E-state index in [0.29, 0.717) is 12.8 Å². The quantitative estimate of drug-likeness (QED) is 0.779. The van der Waals surface area contributed by atoms with E-state index in [1.807, 2.05) is 38.1 Å². The summed E-state index contributed by atoms with van der Waals surface area (Å²) in [6.45, 7) is 3.79. The van der Waals surface area contributed by atoms with Crippen molar-refractivity contribution in [3.8, 4) is 0 Å². The van der Waals surface area contributed by atoms with Crippen LogP contribution >= 0.6 is 0 Å². The predicted octanol–water partition coefficient (Wildman–Crippen LogP) is 3.44. The Morgan fingerprint density at radius 2 is 1.15 bits per heavy atom. The van der Waals surface area contributed by atoms with Crippen LogP contribution in [0, 0.1) is 0 Å². The van der Waals surface area contributed by atoms with Crippen molar-refractivity contribution < 1.29 is 19.8 Å². The van der Waals surface area contributed by atoms with E-state index in [9.17, 15) is 9.59 Å². The highest BCUT2D eigenvalue weighted by Crippen LogP contribution is 2.23. The minimum atomic E-state index is -0.967. The molecule has 2 N–H and O–H groups in total. The van der Waals surface area contributed by atoms with Gasteiger partial charge >= 0.3 is 11.9 Å². The molecule has 0 spiro atoms. The first-order valence-corrected chi connectivity index (χ1v) is 6.45. The van der Waals surface area contributed by atoms with E-state index in [1.165, 1.54) is 12.2 Å². The maximum absolute atomic E-state index is 10.7. The molecule has 106 valence electrons. The van der Waals surface area contributed by atoms with E-state index in [4.69, 9.17) is 10.2 Å². The SMILES string of the molecule is CC/C(=C/C(=O)O)c1ccc(/C(=C\C(=O)O)CC)cc1. The molecule has 0 amide bonds. The van der Waals surface area contributed by atoms with Crippen molar-refractivity contribution in [2.45, 2.75) is 26.7 Å². The van der Waals surface area contributed by atoms with Gasteiger partial charge in [-0.2, -0.15) is 0 Å². The highest BCUT2D eigenvalue weighted by atomic mass is 16.4. The van der Waals surface area contributed by atoms with E-state index in [1.54, 1.807) is 0 Å². The summed E-state index contributed by atoms with van der Waals surface area (Å²) in [5.74, 6) is -1.93. The Bertz CT molecular complexity index is 499. The van der Waals surface area contributed by atoms with E-state index in [0.717, 1.165) is 22.3 Å². The highest BCUT2D eigenvalue weighted by Gasteiger charge is 2.05. The first-order chi connectivity index (χ1) is 9.47. The van der Waals surface area contributed by atoms with Crippen LogP contribution < -0.4 is 0 Å². The fourth-order valence-corrected chi connectivity index (χ4v) is 1.98. The molecule has 4 nitrogen and oxygen atoms in total. The third-order valence-corrected chi connectivity index (χ3v) is 2.98. The lowest BCUT2D eigenvalue weighted by atomic mass is 9.97. The van der Waals surface area contributed by atoms with Crippen molar-refractivity contribution in [3.05, 3.63) is 47.5 Å². The molecule has 4 heteroatoms. The Balaban J connectivity index is 3.10. The Kier molecular flexibility index (Phi) is 5.72. The molecule has 20 heavy (non-hydrogen) atoms. The van der Waals surface area contributed by atoms with Crippen LogP contribution in [-0.2, 0) is 9.59 Å². The first kappa shape index (κ1) is 15.7. The zero-order valence-electron chi connectivity index (χ0n) is 11.6. The van der Waals surface area contributed by atoms with E-state index >= 15 is 0 Å². The lowest BCUT2D eigenvalue weighted by Crippen LogP contribution is -1.94. The molecule has 0 aliphatic carbocycles. The molecule has 0 bridgehead atoms. The average molecular weight is 274 g/mol. The molecule has 0 saturated heterocycles. The second-order valence-corrected chi connectivity index (χ2v) is 4.30. The Morgan fingerprint density at radius 3 is 1.35 bits per heavy atom. The standard InChI is InChI=1S/C16H18O4/c1-3-11(9-15(17)18)13-5-7-14(8-6-13)12(4-2)10-16(19)20/h5-10H,3-4H2,1-2H3,(H,17,18)(H,19,20)/b11-9-,12-10-. The summed E-state index contributed by atoms with van der Waals surface area (Å²) in [4.78, 5) is 21.5. The van der Waals surface area contributed by atoms with Crippen LogP contribution in [-0.4, -0.2) is 22.2 Å². The van der Waals surface area contributed by atoms with Gasteiger partial charge < -0.3 is 10.2 Å². The van der Waals surface area contributed by atoms with E-state index in [-0.39, 0.29) is 0 Å². The van der Waals surface area contributed by atoms with Gasteiger partial charge in [0.1, 0.15) is 0 Å². The summed E-state index contributed by atoms with van der Waals surface area (Å²) in [7, 11) is 0. The molecular weight excluding hydrogens is 256 g/mol. The maximum Gasteiger partial charge on any atom is 0.328 e. The number of rotatable bonds is 6. The highest BCUT2D eigenvalue weighted by molar-refractivity contribution is 5.91. The normalized spacial score (nSPS) is 12.3. The molecule has 0 radical (unpaired) electrons. The molecule has 0 fully saturated rings. The lowest BCUT2D eigenvalue weighted by Gasteiger charge is -2.08. The molecule has 0 saturated carbocycles. The number of hydrogen-bond donors (Lipinski definition) is 2. The largest absolute Gasteiger partial charge is 0.478 e. The number of benzene rings is 1. The van der Waals surface area contributed by atoms with Gasteiger partial charge in [0.05, 0.1) is 0 Å². The summed E-state index contributed by atoms with van der Waals surface area (Å²) in [6, 6.07) is 7.27. The topological polar surface area (TPSA) is 74.6 Å². The van der Waals surface area contributed by atoms with Crippen LogP contribution in [0.2, 0.25) is 0 Å². The van der Waals surface area contributed by atoms with Crippen molar-refractivity contribution >= 4 is 23.1 Å². The Hall–Kier alpha value is -2.36. The van der Waals surface area contributed by atoms with Crippen LogP contribution in [0.15, 0.2) is 36.4 Å². The number of aliphatic carboxylic acids is 2. The van der Waals surface area contributed by atoms with E-state index < -0.39 is 11.9 Å². The Labute approximate surface area is 118 Å². The van der Waals surface area contributed by atoms with Crippen molar-refractivity contribution in [1.82, 2.24) is 0 Å². The number of carboxylic acid groups (broad SMARTS) is 2. The Morgan fingerprint density at radius 1 is 0.850 bits per heavy atom. The van der Waals surface area contributed by atoms with Gasteiger partial charge in [0.2, 0.25) is 0 Å². The molecule has 0 aliphatic rings. The minimum Gasteiger partial charge on any atom is -0.478 e. The van der Waals surface area contributed by atoms with Gasteiger partial charge in [-0.1, -0.05) is 38.1 Å². The zero-order valence-corrected chi connectivity index (χ0v) is 11.6. The molecule has 0 aromatic heterocycles. The lowest BCUT2D eigenvalue weighted by molar-refractivity contribution is -0.132. The molecule has 0 unspecified atom stereocenters. The summed E-state index contributed by atoms with van der Waals surface area (Å²) in [6.07, 6.45) is 3.64. The van der Waals surface area contributed by atoms with Crippen molar-refractivity contribution in [3.63, 3.8) is 0 Å². The third-order valence-electron chi connectivity index (χ3n) is 2.98. The molecule has 0 heterocycles. The molecule has 1 aromatic carbocycles. The van der Waals surface area contributed by atoms with Crippen LogP contribution in [0.1, 0.15) is 37.8 Å². The van der Waals surface area contributed by atoms with Crippen LogP contribution in [0.25, 0.3) is 11.1 Å². The molecule has 1 rings (SSSR count). The molecule has 0 atom stereocenters. The summed E-state index contributed by atoms with van der Waals surface area (Å²) >= 11 is 0. The predicted molar refractivity (Wildman–Crippen MR) is 78.2 cm³/mol. The minimum absolute atomic E-state index is 0.622. The van der Waals surface area contributed by atoms with E-state index in [2.05, 4.69) is 0 Å². The monoisotopic (exact) mass is 274 g/mol. The smallest absolute Gasteiger partial charge is 0.328 e. The second kappa shape index (κ2) is 7.28. The number of allylic oxidation sites excluding steroid dienone is 2. The van der Waals surface area contributed by atoms with Gasteiger partial charge in [-0.3, -0.25) is 0 Å². The van der Waals surface area contributed by atoms with Crippen LogP contribution in [0.4, 0.5) is 0 Å². The summed E-state index contributed by atoms with van der Waals surface area (Å²) in [5, 5.41) is 17.6. The van der Waals surface area contributed by atoms with Gasteiger partial charge in [-0.05, 0) is 35.1 Å². The van der Waals surface area contributed by atoms with Crippen LogP contribution in [0.3, 0.4) is 0 Å². The molecule has 1 aromatic rings. The van der Waals surface area contributed by atoms with Gasteiger partial charge in [0.25, 0.3) is 0 Å². The van der Waals surface area contributed by atoms with Gasteiger partial charge in [0.15, 0.2) is 0 Å². The number of carbonyl (C=O) groups is 2. The fourth-order valence-electron chi connectivity index (χ4n) is 1.98. The third kappa shape index (κ3) is 4.39. The van der Waals surface area contributed by atoms with Crippen molar-refractivity contribution in [2.75, 3.05) is 0 Å². The van der Waals surface area contributed by atoms with Crippen molar-refractivity contribution in [2.24, 2.45) is 0 Å². The second-order valence-electron chi connectivity index (χ2n) is 4.30. The summed E-state index contributed by atoms with van der Waals surface area (Å²) in [5.41, 5.74) is 3.16. The van der Waals surface area contributed by atoms with Crippen molar-refractivity contribution in [1.29, 1.82) is 0 Å². The maximum atomic E-state index is 10.7. The number of hydrogen-bond acceptors (Lipinski definition) is 2. The molecular formula is C16H18O4. The van der Waals surface area contributed by atoms with Gasteiger partial charge in [-0.15, -0.1) is 0 Å².